The van der Waals surface area contributed by atoms with Crippen molar-refractivity contribution in [3.05, 3.63) is 74.2 Å². The Morgan fingerprint density at radius 2 is 1.79 bits per heavy atom. The Bertz CT molecular complexity index is 1040. The Kier molecular flexibility index (Phi) is 6.57. The highest BCUT2D eigenvalue weighted by molar-refractivity contribution is 7.13. The van der Waals surface area contributed by atoms with Crippen molar-refractivity contribution >= 4 is 58.0 Å². The average Bonchev–Trinajstić information content (AvgIpc) is 3.13. The molecule has 1 atom stereocenters. The van der Waals surface area contributed by atoms with Crippen molar-refractivity contribution in [1.82, 2.24) is 10.3 Å². The number of carbonyl (C=O) groups excluding carboxylic acids is 1. The van der Waals surface area contributed by atoms with E-state index in [2.05, 4.69) is 10.3 Å². The van der Waals surface area contributed by atoms with Gasteiger partial charge in [-0.15, -0.1) is 11.3 Å². The Morgan fingerprint density at radius 1 is 1.07 bits per heavy atom. The van der Waals surface area contributed by atoms with Crippen LogP contribution in [0.4, 0.5) is 0 Å². The number of nitrogens with one attached hydrogen (secondary N) is 1. The molecule has 0 radical (unpaired) electrons. The van der Waals surface area contributed by atoms with Gasteiger partial charge in [0.25, 0.3) is 5.91 Å². The maximum atomic E-state index is 12.7. The number of halogens is 3. The van der Waals surface area contributed by atoms with E-state index in [0.717, 1.165) is 0 Å². The summed E-state index contributed by atoms with van der Waals surface area (Å²) >= 11 is 19.6. The first-order chi connectivity index (χ1) is 13.4. The first-order valence-corrected chi connectivity index (χ1v) is 10.0. The highest BCUT2D eigenvalue weighted by Gasteiger charge is 2.22. The molecule has 144 valence electrons. The van der Waals surface area contributed by atoms with Crippen molar-refractivity contribution in [3.8, 4) is 10.6 Å². The summed E-state index contributed by atoms with van der Waals surface area (Å²) in [5.41, 5.74) is 1.29. The van der Waals surface area contributed by atoms with E-state index in [1.165, 1.54) is 11.3 Å². The SMILES string of the molecule is O=C(O)C[C@H](NC(=O)c1csc(-c2cccc(Cl)c2Cl)n1)c1ccccc1Cl. The zero-order valence-electron chi connectivity index (χ0n) is 14.2. The van der Waals surface area contributed by atoms with Gasteiger partial charge in [-0.3, -0.25) is 9.59 Å². The molecule has 0 unspecified atom stereocenters. The smallest absolute Gasteiger partial charge is 0.305 e. The van der Waals surface area contributed by atoms with Crippen molar-refractivity contribution < 1.29 is 14.7 Å². The van der Waals surface area contributed by atoms with Crippen LogP contribution in [0.15, 0.2) is 47.8 Å². The molecule has 0 aliphatic rings. The van der Waals surface area contributed by atoms with Crippen LogP contribution in [0, 0.1) is 0 Å². The van der Waals surface area contributed by atoms with Crippen LogP contribution in [0.3, 0.4) is 0 Å². The second-order valence-corrected chi connectivity index (χ2v) is 7.84. The number of carbonyl (C=O) groups is 2. The van der Waals surface area contributed by atoms with E-state index in [4.69, 9.17) is 34.8 Å². The van der Waals surface area contributed by atoms with E-state index in [1.807, 2.05) is 0 Å². The van der Waals surface area contributed by atoms with Gasteiger partial charge in [0.2, 0.25) is 0 Å². The lowest BCUT2D eigenvalue weighted by molar-refractivity contribution is -0.137. The van der Waals surface area contributed by atoms with E-state index in [9.17, 15) is 14.7 Å². The van der Waals surface area contributed by atoms with Crippen LogP contribution >= 0.6 is 46.1 Å². The van der Waals surface area contributed by atoms with E-state index in [0.29, 0.717) is 31.2 Å². The molecule has 9 heteroatoms. The number of nitrogens with zero attached hydrogens (tertiary/aromatic N) is 1. The van der Waals surface area contributed by atoms with Gasteiger partial charge >= 0.3 is 5.97 Å². The molecule has 1 heterocycles. The first kappa shape index (κ1) is 20.6. The third-order valence-corrected chi connectivity index (χ3v) is 5.92. The predicted octanol–water partition coefficient (Wildman–Crippen LogP) is 5.72. The fraction of sp³-hybridized carbons (Fsp3) is 0.105. The second-order valence-electron chi connectivity index (χ2n) is 5.78. The van der Waals surface area contributed by atoms with Crippen LogP contribution in [-0.4, -0.2) is 22.0 Å². The molecule has 3 aromatic rings. The van der Waals surface area contributed by atoms with E-state index >= 15 is 0 Å². The van der Waals surface area contributed by atoms with Crippen LogP contribution in [0.5, 0.6) is 0 Å². The summed E-state index contributed by atoms with van der Waals surface area (Å²) < 4.78 is 0. The second kappa shape index (κ2) is 8.92. The van der Waals surface area contributed by atoms with Gasteiger partial charge in [0.15, 0.2) is 0 Å². The number of aromatic nitrogens is 1. The fourth-order valence-corrected chi connectivity index (χ4v) is 4.12. The van der Waals surface area contributed by atoms with E-state index in [1.54, 1.807) is 47.8 Å². The molecule has 3 rings (SSSR count). The Morgan fingerprint density at radius 3 is 2.50 bits per heavy atom. The van der Waals surface area contributed by atoms with Gasteiger partial charge < -0.3 is 10.4 Å². The molecular formula is C19H13Cl3N2O3S. The Balaban J connectivity index is 1.85. The molecule has 0 spiro atoms. The maximum Gasteiger partial charge on any atom is 0.305 e. The molecule has 2 N–H and O–H groups in total. The van der Waals surface area contributed by atoms with Crippen LogP contribution < -0.4 is 5.32 Å². The number of carboxylic acid groups (broad SMARTS) is 1. The van der Waals surface area contributed by atoms with Crippen molar-refractivity contribution in [2.75, 3.05) is 0 Å². The quantitative estimate of drug-likeness (QED) is 0.498. The van der Waals surface area contributed by atoms with Gasteiger partial charge in [0, 0.05) is 16.0 Å². The van der Waals surface area contributed by atoms with E-state index < -0.39 is 17.9 Å². The number of hydrogen-bond donors (Lipinski definition) is 2. The standard InChI is InChI=1S/C19H13Cl3N2O3S/c20-12-6-2-1-4-10(12)14(8-16(25)26)23-18(27)15-9-28-19(24-15)11-5-3-7-13(21)17(11)22/h1-7,9,14H,8H2,(H,23,27)(H,25,26)/t14-/m0/s1. The summed E-state index contributed by atoms with van der Waals surface area (Å²) in [6, 6.07) is 11.1. The van der Waals surface area contributed by atoms with Crippen molar-refractivity contribution in [1.29, 1.82) is 0 Å². The molecule has 1 amide bonds. The Labute approximate surface area is 179 Å². The topological polar surface area (TPSA) is 79.3 Å². The van der Waals surface area contributed by atoms with Crippen molar-refractivity contribution in [2.24, 2.45) is 0 Å². The summed E-state index contributed by atoms with van der Waals surface area (Å²) in [5, 5.41) is 15.1. The monoisotopic (exact) mass is 454 g/mol. The average molecular weight is 456 g/mol. The predicted molar refractivity (Wildman–Crippen MR) is 111 cm³/mol. The molecule has 2 aromatic carbocycles. The van der Waals surface area contributed by atoms with Gasteiger partial charge in [0.1, 0.15) is 10.7 Å². The van der Waals surface area contributed by atoms with E-state index in [-0.39, 0.29) is 12.1 Å². The zero-order chi connectivity index (χ0) is 20.3. The molecule has 0 fully saturated rings. The zero-order valence-corrected chi connectivity index (χ0v) is 17.2. The van der Waals surface area contributed by atoms with Gasteiger partial charge in [0.05, 0.1) is 22.5 Å². The minimum atomic E-state index is -1.06. The number of benzene rings is 2. The number of hydrogen-bond acceptors (Lipinski definition) is 4. The number of thiazole rings is 1. The molecule has 28 heavy (non-hydrogen) atoms. The lowest BCUT2D eigenvalue weighted by atomic mass is 10.0. The highest BCUT2D eigenvalue weighted by Crippen LogP contribution is 2.35. The van der Waals surface area contributed by atoms with Crippen molar-refractivity contribution in [2.45, 2.75) is 12.5 Å². The number of aliphatic carboxylic acids is 1. The van der Waals surface area contributed by atoms with Gasteiger partial charge in [-0.2, -0.15) is 0 Å². The number of amides is 1. The van der Waals surface area contributed by atoms with Gasteiger partial charge in [-0.1, -0.05) is 65.1 Å². The third kappa shape index (κ3) is 4.64. The molecule has 5 nitrogen and oxygen atoms in total. The molecule has 1 aromatic heterocycles. The summed E-state index contributed by atoms with van der Waals surface area (Å²) in [6.07, 6.45) is -0.313. The maximum absolute atomic E-state index is 12.7. The third-order valence-electron chi connectivity index (χ3n) is 3.88. The van der Waals surface area contributed by atoms with Gasteiger partial charge in [-0.05, 0) is 17.7 Å². The lowest BCUT2D eigenvalue weighted by Gasteiger charge is -2.18. The Hall–Kier alpha value is -2.12. The lowest BCUT2D eigenvalue weighted by Crippen LogP contribution is -2.30. The van der Waals surface area contributed by atoms with Crippen LogP contribution in [0.1, 0.15) is 28.5 Å². The molecule has 0 saturated heterocycles. The minimum Gasteiger partial charge on any atom is -0.481 e. The molecule has 0 saturated carbocycles. The normalized spacial score (nSPS) is 11.8. The molecule has 0 aliphatic carbocycles. The number of carboxylic acids is 1. The summed E-state index contributed by atoms with van der Waals surface area (Å²) in [4.78, 5) is 28.2. The molecule has 0 aliphatic heterocycles. The largest absolute Gasteiger partial charge is 0.481 e. The van der Waals surface area contributed by atoms with Crippen LogP contribution in [-0.2, 0) is 4.79 Å². The summed E-state index contributed by atoms with van der Waals surface area (Å²) in [5.74, 6) is -1.57. The molecule has 0 bridgehead atoms. The van der Waals surface area contributed by atoms with Crippen LogP contribution in [0.25, 0.3) is 10.6 Å². The summed E-state index contributed by atoms with van der Waals surface area (Å²) in [7, 11) is 0. The summed E-state index contributed by atoms with van der Waals surface area (Å²) in [6.45, 7) is 0. The van der Waals surface area contributed by atoms with Crippen molar-refractivity contribution in [3.63, 3.8) is 0 Å². The highest BCUT2D eigenvalue weighted by atomic mass is 35.5. The molecular weight excluding hydrogens is 443 g/mol. The van der Waals surface area contributed by atoms with Gasteiger partial charge in [-0.25, -0.2) is 4.98 Å². The fourth-order valence-electron chi connectivity index (χ4n) is 2.57. The number of rotatable bonds is 6. The minimum absolute atomic E-state index is 0.151. The first-order valence-electron chi connectivity index (χ1n) is 8.04. The van der Waals surface area contributed by atoms with Crippen LogP contribution in [0.2, 0.25) is 15.1 Å².